The average molecular weight is 248 g/mol. The molecule has 1 saturated heterocycles. The van der Waals surface area contributed by atoms with Gasteiger partial charge in [-0.1, -0.05) is 18.2 Å². The topological polar surface area (TPSA) is 64.3 Å². The summed E-state index contributed by atoms with van der Waals surface area (Å²) in [5.74, 6) is -0.0595. The Hall–Kier alpha value is -1.55. The van der Waals surface area contributed by atoms with Crippen LogP contribution >= 0.6 is 0 Å². The van der Waals surface area contributed by atoms with Crippen LogP contribution in [0.15, 0.2) is 24.3 Å². The lowest BCUT2D eigenvalue weighted by Crippen LogP contribution is -2.44. The highest BCUT2D eigenvalue weighted by Gasteiger charge is 2.38. The molecule has 1 aliphatic rings. The predicted molar refractivity (Wildman–Crippen MR) is 71.0 cm³/mol. The van der Waals surface area contributed by atoms with E-state index in [1.807, 2.05) is 38.1 Å². The van der Waals surface area contributed by atoms with Crippen molar-refractivity contribution in [3.63, 3.8) is 0 Å². The second kappa shape index (κ2) is 4.98. The fraction of sp³-hybridized carbons (Fsp3) is 0.500. The van der Waals surface area contributed by atoms with Gasteiger partial charge in [-0.15, -0.1) is 0 Å². The summed E-state index contributed by atoms with van der Waals surface area (Å²) in [6, 6.07) is 7.46. The van der Waals surface area contributed by atoms with Crippen molar-refractivity contribution in [3.05, 3.63) is 29.8 Å². The van der Waals surface area contributed by atoms with Gasteiger partial charge in [0.15, 0.2) is 0 Å². The largest absolute Gasteiger partial charge is 0.398 e. The van der Waals surface area contributed by atoms with Crippen LogP contribution in [0.25, 0.3) is 0 Å². The third-order valence-corrected chi connectivity index (χ3v) is 3.51. The van der Waals surface area contributed by atoms with E-state index in [0.717, 1.165) is 18.4 Å². The summed E-state index contributed by atoms with van der Waals surface area (Å²) in [6.45, 7) is 4.43. The zero-order valence-corrected chi connectivity index (χ0v) is 10.9. The molecule has 1 fully saturated rings. The van der Waals surface area contributed by atoms with Gasteiger partial charge in [-0.25, -0.2) is 0 Å². The second-order valence-corrected chi connectivity index (χ2v) is 5.01. The van der Waals surface area contributed by atoms with E-state index in [2.05, 4.69) is 5.32 Å². The van der Waals surface area contributed by atoms with Gasteiger partial charge in [0.1, 0.15) is 5.60 Å². The fourth-order valence-electron chi connectivity index (χ4n) is 2.29. The fourth-order valence-corrected chi connectivity index (χ4v) is 2.29. The molecule has 2 atom stereocenters. The summed E-state index contributed by atoms with van der Waals surface area (Å²) in [7, 11) is 0. The zero-order chi connectivity index (χ0) is 13.2. The predicted octanol–water partition coefficient (Wildman–Crippen LogP) is 2.02. The molecule has 1 amide bonds. The number of nitrogen functional groups attached to an aromatic ring is 1. The standard InChI is InChI=1S/C14H20N2O2/c1-10(11-6-3-4-7-12(11)15)16-13(17)14(2)8-5-9-18-14/h3-4,6-7,10H,5,8-9,15H2,1-2H3,(H,16,17). The van der Waals surface area contributed by atoms with E-state index in [1.165, 1.54) is 0 Å². The van der Waals surface area contributed by atoms with Crippen molar-refractivity contribution in [2.75, 3.05) is 12.3 Å². The van der Waals surface area contributed by atoms with Crippen LogP contribution < -0.4 is 11.1 Å². The lowest BCUT2D eigenvalue weighted by molar-refractivity contribution is -0.140. The minimum absolute atomic E-state index is 0.0595. The van der Waals surface area contributed by atoms with Crippen molar-refractivity contribution >= 4 is 11.6 Å². The van der Waals surface area contributed by atoms with Crippen LogP contribution in [0.4, 0.5) is 5.69 Å². The molecule has 0 spiro atoms. The summed E-state index contributed by atoms with van der Waals surface area (Å²) in [5.41, 5.74) is 6.85. The molecule has 0 saturated carbocycles. The Labute approximate surface area is 108 Å². The minimum Gasteiger partial charge on any atom is -0.398 e. The molecule has 4 nitrogen and oxygen atoms in total. The van der Waals surface area contributed by atoms with E-state index < -0.39 is 5.60 Å². The molecule has 2 rings (SSSR count). The number of nitrogens with one attached hydrogen (secondary N) is 1. The Balaban J connectivity index is 2.06. The van der Waals surface area contributed by atoms with E-state index in [-0.39, 0.29) is 11.9 Å². The molecule has 2 unspecified atom stereocenters. The smallest absolute Gasteiger partial charge is 0.252 e. The monoisotopic (exact) mass is 248 g/mol. The number of carbonyl (C=O) groups excluding carboxylic acids is 1. The number of nitrogens with two attached hydrogens (primary N) is 1. The van der Waals surface area contributed by atoms with Gasteiger partial charge in [-0.05, 0) is 38.3 Å². The summed E-state index contributed by atoms with van der Waals surface area (Å²) in [4.78, 5) is 12.2. The maximum atomic E-state index is 12.2. The molecule has 18 heavy (non-hydrogen) atoms. The van der Waals surface area contributed by atoms with Crippen LogP contribution in [0.2, 0.25) is 0 Å². The normalized spacial score (nSPS) is 24.8. The molecule has 0 bridgehead atoms. The highest BCUT2D eigenvalue weighted by molar-refractivity contribution is 5.85. The highest BCUT2D eigenvalue weighted by atomic mass is 16.5. The Morgan fingerprint density at radius 2 is 2.22 bits per heavy atom. The van der Waals surface area contributed by atoms with E-state index in [4.69, 9.17) is 10.5 Å². The van der Waals surface area contributed by atoms with Gasteiger partial charge in [0.25, 0.3) is 5.91 Å². The van der Waals surface area contributed by atoms with E-state index in [9.17, 15) is 4.79 Å². The number of hydrogen-bond donors (Lipinski definition) is 2. The van der Waals surface area contributed by atoms with Crippen molar-refractivity contribution in [2.45, 2.75) is 38.3 Å². The van der Waals surface area contributed by atoms with Crippen LogP contribution in [0.1, 0.15) is 38.3 Å². The number of benzene rings is 1. The first-order valence-electron chi connectivity index (χ1n) is 6.32. The van der Waals surface area contributed by atoms with Gasteiger partial charge >= 0.3 is 0 Å². The molecular formula is C14H20N2O2. The lowest BCUT2D eigenvalue weighted by Gasteiger charge is -2.25. The molecule has 0 aliphatic carbocycles. The molecular weight excluding hydrogens is 228 g/mol. The maximum Gasteiger partial charge on any atom is 0.252 e. The molecule has 0 aromatic heterocycles. The number of amides is 1. The summed E-state index contributed by atoms with van der Waals surface area (Å²) in [6.07, 6.45) is 1.71. The van der Waals surface area contributed by atoms with Gasteiger partial charge < -0.3 is 15.8 Å². The molecule has 98 valence electrons. The highest BCUT2D eigenvalue weighted by Crippen LogP contribution is 2.27. The Bertz CT molecular complexity index is 439. The number of para-hydroxylation sites is 1. The molecule has 1 aromatic rings. The van der Waals surface area contributed by atoms with Crippen molar-refractivity contribution in [2.24, 2.45) is 0 Å². The number of hydrogen-bond acceptors (Lipinski definition) is 3. The SMILES string of the molecule is CC(NC(=O)C1(C)CCCO1)c1ccccc1N. The first-order valence-corrected chi connectivity index (χ1v) is 6.32. The van der Waals surface area contributed by atoms with E-state index >= 15 is 0 Å². The Morgan fingerprint density at radius 3 is 2.83 bits per heavy atom. The van der Waals surface area contributed by atoms with Gasteiger partial charge in [0.05, 0.1) is 6.04 Å². The second-order valence-electron chi connectivity index (χ2n) is 5.01. The Kier molecular flexibility index (Phi) is 3.57. The first-order chi connectivity index (χ1) is 8.53. The number of ether oxygens (including phenoxy) is 1. The molecule has 3 N–H and O–H groups in total. The third-order valence-electron chi connectivity index (χ3n) is 3.51. The molecule has 1 heterocycles. The lowest BCUT2D eigenvalue weighted by atomic mass is 10.00. The van der Waals surface area contributed by atoms with E-state index in [0.29, 0.717) is 12.3 Å². The van der Waals surface area contributed by atoms with Crippen LogP contribution in [-0.2, 0) is 9.53 Å². The number of carbonyl (C=O) groups is 1. The minimum atomic E-state index is -0.683. The quantitative estimate of drug-likeness (QED) is 0.804. The third kappa shape index (κ3) is 2.48. The average Bonchev–Trinajstić information content (AvgIpc) is 2.78. The summed E-state index contributed by atoms with van der Waals surface area (Å²) >= 11 is 0. The van der Waals surface area contributed by atoms with Crippen LogP contribution in [0.5, 0.6) is 0 Å². The summed E-state index contributed by atoms with van der Waals surface area (Å²) in [5, 5.41) is 2.98. The van der Waals surface area contributed by atoms with Crippen LogP contribution in [0.3, 0.4) is 0 Å². The molecule has 1 aliphatic heterocycles. The van der Waals surface area contributed by atoms with Crippen molar-refractivity contribution in [3.8, 4) is 0 Å². The maximum absolute atomic E-state index is 12.2. The molecule has 4 heteroatoms. The van der Waals surface area contributed by atoms with Crippen molar-refractivity contribution < 1.29 is 9.53 Å². The zero-order valence-electron chi connectivity index (χ0n) is 10.9. The van der Waals surface area contributed by atoms with Crippen LogP contribution in [0, 0.1) is 0 Å². The van der Waals surface area contributed by atoms with Crippen molar-refractivity contribution in [1.82, 2.24) is 5.32 Å². The van der Waals surface area contributed by atoms with Crippen molar-refractivity contribution in [1.29, 1.82) is 0 Å². The van der Waals surface area contributed by atoms with Gasteiger partial charge in [0, 0.05) is 12.3 Å². The first kappa shape index (κ1) is 12.9. The van der Waals surface area contributed by atoms with Gasteiger partial charge in [-0.3, -0.25) is 4.79 Å². The Morgan fingerprint density at radius 1 is 1.50 bits per heavy atom. The molecule has 1 aromatic carbocycles. The van der Waals surface area contributed by atoms with Gasteiger partial charge in [0.2, 0.25) is 0 Å². The van der Waals surface area contributed by atoms with E-state index in [1.54, 1.807) is 0 Å². The molecule has 0 radical (unpaired) electrons. The number of rotatable bonds is 3. The van der Waals surface area contributed by atoms with Gasteiger partial charge in [-0.2, -0.15) is 0 Å². The summed E-state index contributed by atoms with van der Waals surface area (Å²) < 4.78 is 5.53. The number of anilines is 1. The van der Waals surface area contributed by atoms with Crippen LogP contribution in [-0.4, -0.2) is 18.1 Å².